The second-order valence-electron chi connectivity index (χ2n) is 3.52. The molecule has 1 unspecified atom stereocenters. The zero-order valence-electron chi connectivity index (χ0n) is 8.41. The van der Waals surface area contributed by atoms with Crippen molar-refractivity contribution in [2.24, 2.45) is 0 Å². The summed E-state index contributed by atoms with van der Waals surface area (Å²) >= 11 is 0. The van der Waals surface area contributed by atoms with E-state index in [-0.39, 0.29) is 12.7 Å². The number of carboxylic acids is 1. The van der Waals surface area contributed by atoms with Crippen molar-refractivity contribution < 1.29 is 19.4 Å². The minimum Gasteiger partial charge on any atom is -0.481 e. The first-order chi connectivity index (χ1) is 6.79. The van der Waals surface area contributed by atoms with Crippen molar-refractivity contribution in [3.05, 3.63) is 0 Å². The Hall–Kier alpha value is -0.610. The molecule has 0 radical (unpaired) electrons. The van der Waals surface area contributed by atoms with Crippen LogP contribution >= 0.6 is 0 Å². The van der Waals surface area contributed by atoms with Gasteiger partial charge in [0.15, 0.2) is 6.29 Å². The van der Waals surface area contributed by atoms with Crippen molar-refractivity contribution in [1.29, 1.82) is 0 Å². The molecule has 4 heteroatoms. The zero-order chi connectivity index (χ0) is 10.2. The van der Waals surface area contributed by atoms with Crippen LogP contribution in [0.1, 0.15) is 38.5 Å². The van der Waals surface area contributed by atoms with E-state index in [4.69, 9.17) is 14.6 Å². The lowest BCUT2D eigenvalue weighted by molar-refractivity contribution is -0.163. The predicted octanol–water partition coefficient (Wildman–Crippen LogP) is 1.78. The van der Waals surface area contributed by atoms with Gasteiger partial charge in [-0.25, -0.2) is 0 Å². The van der Waals surface area contributed by atoms with Gasteiger partial charge in [-0.05, 0) is 32.1 Å². The van der Waals surface area contributed by atoms with E-state index in [0.717, 1.165) is 25.9 Å². The first-order valence-corrected chi connectivity index (χ1v) is 5.24. The number of carbonyl (C=O) groups is 1. The second-order valence-corrected chi connectivity index (χ2v) is 3.52. The van der Waals surface area contributed by atoms with Gasteiger partial charge >= 0.3 is 5.97 Å². The van der Waals surface area contributed by atoms with Crippen molar-refractivity contribution in [1.82, 2.24) is 0 Å². The van der Waals surface area contributed by atoms with E-state index >= 15 is 0 Å². The van der Waals surface area contributed by atoms with E-state index < -0.39 is 5.97 Å². The summed E-state index contributed by atoms with van der Waals surface area (Å²) in [6.45, 7) is 1.40. The van der Waals surface area contributed by atoms with Crippen LogP contribution in [0.15, 0.2) is 0 Å². The largest absolute Gasteiger partial charge is 0.481 e. The average molecular weight is 202 g/mol. The Kier molecular flexibility index (Phi) is 5.56. The summed E-state index contributed by atoms with van der Waals surface area (Å²) in [6, 6.07) is 0. The van der Waals surface area contributed by atoms with Crippen LogP contribution in [0.4, 0.5) is 0 Å². The van der Waals surface area contributed by atoms with Gasteiger partial charge < -0.3 is 14.6 Å². The van der Waals surface area contributed by atoms with Crippen molar-refractivity contribution in [2.45, 2.75) is 44.8 Å². The van der Waals surface area contributed by atoms with Crippen LogP contribution in [0, 0.1) is 0 Å². The zero-order valence-corrected chi connectivity index (χ0v) is 8.41. The van der Waals surface area contributed by atoms with Gasteiger partial charge in [-0.15, -0.1) is 0 Å². The number of hydrogen-bond acceptors (Lipinski definition) is 3. The smallest absolute Gasteiger partial charge is 0.303 e. The maximum atomic E-state index is 10.2. The second kappa shape index (κ2) is 6.79. The molecule has 0 spiro atoms. The van der Waals surface area contributed by atoms with Crippen LogP contribution < -0.4 is 0 Å². The number of aliphatic carboxylic acids is 1. The minimum atomic E-state index is -0.737. The standard InChI is InChI=1S/C10H18O4/c11-9(12)5-1-3-7-13-10-6-2-4-8-14-10/h10H,1-8H2,(H,11,12). The van der Waals surface area contributed by atoms with Crippen LogP contribution in [-0.2, 0) is 14.3 Å². The molecule has 1 atom stereocenters. The van der Waals surface area contributed by atoms with E-state index in [1.807, 2.05) is 0 Å². The molecule has 4 nitrogen and oxygen atoms in total. The molecule has 1 heterocycles. The number of carboxylic acid groups (broad SMARTS) is 1. The van der Waals surface area contributed by atoms with Crippen LogP contribution in [0.2, 0.25) is 0 Å². The van der Waals surface area contributed by atoms with E-state index in [1.165, 1.54) is 6.42 Å². The van der Waals surface area contributed by atoms with Gasteiger partial charge in [-0.2, -0.15) is 0 Å². The van der Waals surface area contributed by atoms with Gasteiger partial charge in [-0.1, -0.05) is 0 Å². The molecule has 0 aliphatic carbocycles. The summed E-state index contributed by atoms with van der Waals surface area (Å²) in [4.78, 5) is 10.2. The summed E-state index contributed by atoms with van der Waals surface area (Å²) < 4.78 is 10.8. The number of hydrogen-bond donors (Lipinski definition) is 1. The average Bonchev–Trinajstić information content (AvgIpc) is 2.18. The Morgan fingerprint density at radius 2 is 2.29 bits per heavy atom. The highest BCUT2D eigenvalue weighted by molar-refractivity contribution is 5.66. The molecular formula is C10H18O4. The SMILES string of the molecule is O=C(O)CCCCOC1CCCCO1. The first kappa shape index (κ1) is 11.5. The quantitative estimate of drug-likeness (QED) is 0.667. The van der Waals surface area contributed by atoms with Crippen molar-refractivity contribution in [3.8, 4) is 0 Å². The number of ether oxygens (including phenoxy) is 2. The molecule has 0 saturated carbocycles. The number of rotatable bonds is 6. The molecule has 0 bridgehead atoms. The van der Waals surface area contributed by atoms with Gasteiger partial charge in [0.05, 0.1) is 0 Å². The summed E-state index contributed by atoms with van der Waals surface area (Å²) in [5, 5.41) is 8.40. The maximum Gasteiger partial charge on any atom is 0.303 e. The van der Waals surface area contributed by atoms with E-state index in [9.17, 15) is 4.79 Å². The van der Waals surface area contributed by atoms with Gasteiger partial charge in [-0.3, -0.25) is 4.79 Å². The summed E-state index contributed by atoms with van der Waals surface area (Å²) in [6.07, 6.45) is 4.93. The Morgan fingerprint density at radius 3 is 2.93 bits per heavy atom. The first-order valence-electron chi connectivity index (χ1n) is 5.24. The summed E-state index contributed by atoms with van der Waals surface area (Å²) in [5.41, 5.74) is 0. The molecule has 1 saturated heterocycles. The highest BCUT2D eigenvalue weighted by atomic mass is 16.7. The Bertz CT molecular complexity index is 164. The number of unbranched alkanes of at least 4 members (excludes halogenated alkanes) is 1. The Labute approximate surface area is 84.2 Å². The third-order valence-corrected chi connectivity index (χ3v) is 2.23. The normalized spacial score (nSPS) is 22.1. The highest BCUT2D eigenvalue weighted by Crippen LogP contribution is 2.14. The molecule has 1 aliphatic rings. The molecule has 14 heavy (non-hydrogen) atoms. The van der Waals surface area contributed by atoms with Crippen LogP contribution in [-0.4, -0.2) is 30.6 Å². The van der Waals surface area contributed by atoms with Crippen LogP contribution in [0.25, 0.3) is 0 Å². The van der Waals surface area contributed by atoms with E-state index in [0.29, 0.717) is 13.0 Å². The van der Waals surface area contributed by atoms with E-state index in [2.05, 4.69) is 0 Å². The molecule has 0 aromatic heterocycles. The summed E-state index contributed by atoms with van der Waals surface area (Å²) in [7, 11) is 0. The maximum absolute atomic E-state index is 10.2. The fraction of sp³-hybridized carbons (Fsp3) is 0.900. The van der Waals surface area contributed by atoms with Crippen molar-refractivity contribution >= 4 is 5.97 Å². The van der Waals surface area contributed by atoms with Gasteiger partial charge in [0, 0.05) is 19.6 Å². The lowest BCUT2D eigenvalue weighted by atomic mass is 10.2. The monoisotopic (exact) mass is 202 g/mol. The molecule has 1 fully saturated rings. The Morgan fingerprint density at radius 1 is 1.43 bits per heavy atom. The molecule has 1 aliphatic heterocycles. The molecule has 0 aromatic carbocycles. The molecule has 1 N–H and O–H groups in total. The van der Waals surface area contributed by atoms with Crippen molar-refractivity contribution in [3.63, 3.8) is 0 Å². The van der Waals surface area contributed by atoms with Gasteiger partial charge in [0.25, 0.3) is 0 Å². The van der Waals surface area contributed by atoms with Crippen molar-refractivity contribution in [2.75, 3.05) is 13.2 Å². The van der Waals surface area contributed by atoms with Gasteiger partial charge in [0.2, 0.25) is 0 Å². The fourth-order valence-electron chi connectivity index (χ4n) is 1.44. The fourth-order valence-corrected chi connectivity index (χ4v) is 1.44. The highest BCUT2D eigenvalue weighted by Gasteiger charge is 2.13. The lowest BCUT2D eigenvalue weighted by Crippen LogP contribution is -2.22. The summed E-state index contributed by atoms with van der Waals surface area (Å²) in [5.74, 6) is -0.737. The lowest BCUT2D eigenvalue weighted by Gasteiger charge is -2.22. The van der Waals surface area contributed by atoms with Crippen LogP contribution in [0.5, 0.6) is 0 Å². The molecule has 82 valence electrons. The molecule has 1 rings (SSSR count). The predicted molar refractivity (Wildman–Crippen MR) is 51.0 cm³/mol. The third-order valence-electron chi connectivity index (χ3n) is 2.23. The van der Waals surface area contributed by atoms with Crippen LogP contribution in [0.3, 0.4) is 0 Å². The Balaban J connectivity index is 1.90. The molecule has 0 amide bonds. The molecular weight excluding hydrogens is 184 g/mol. The topological polar surface area (TPSA) is 55.8 Å². The minimum absolute atomic E-state index is 0.0476. The van der Waals surface area contributed by atoms with Gasteiger partial charge in [0.1, 0.15) is 0 Å². The third kappa shape index (κ3) is 5.19. The molecule has 0 aromatic rings. The van der Waals surface area contributed by atoms with E-state index in [1.54, 1.807) is 0 Å².